The third-order valence-corrected chi connectivity index (χ3v) is 4.60. The Kier molecular flexibility index (Phi) is 9.29. The number of carbonyl (C=O) groups is 2. The van der Waals surface area contributed by atoms with Gasteiger partial charge < -0.3 is 33.7 Å². The van der Waals surface area contributed by atoms with Gasteiger partial charge in [0.25, 0.3) is 11.6 Å². The minimum absolute atomic E-state index is 0.0388. The highest BCUT2D eigenvalue weighted by Crippen LogP contribution is 2.36. The van der Waals surface area contributed by atoms with Crippen LogP contribution in [0.4, 0.5) is 5.69 Å². The van der Waals surface area contributed by atoms with Gasteiger partial charge in [-0.3, -0.25) is 14.9 Å². The molecule has 0 saturated carbocycles. The summed E-state index contributed by atoms with van der Waals surface area (Å²) < 4.78 is 31.2. The van der Waals surface area contributed by atoms with Gasteiger partial charge in [0.05, 0.1) is 46.0 Å². The summed E-state index contributed by atoms with van der Waals surface area (Å²) in [6.45, 7) is 1.32. The summed E-state index contributed by atoms with van der Waals surface area (Å²) >= 11 is 0. The van der Waals surface area contributed by atoms with E-state index in [9.17, 15) is 19.7 Å². The van der Waals surface area contributed by atoms with Crippen molar-refractivity contribution in [3.63, 3.8) is 0 Å². The smallest absolute Gasteiger partial charge is 0.345 e. The summed E-state index contributed by atoms with van der Waals surface area (Å²) in [4.78, 5) is 35.4. The van der Waals surface area contributed by atoms with Crippen LogP contribution in [0.15, 0.2) is 24.3 Å². The largest absolute Gasteiger partial charge is 0.496 e. The zero-order valence-corrected chi connectivity index (χ0v) is 19.5. The summed E-state index contributed by atoms with van der Waals surface area (Å²) in [5, 5.41) is 14.0. The third-order valence-electron chi connectivity index (χ3n) is 4.60. The molecule has 0 unspecified atom stereocenters. The topological polar surface area (TPSA) is 145 Å². The Morgan fingerprint density at radius 1 is 0.882 bits per heavy atom. The highest BCUT2D eigenvalue weighted by molar-refractivity contribution is 5.96. The molecule has 0 radical (unpaired) electrons. The second kappa shape index (κ2) is 12.1. The number of esters is 1. The van der Waals surface area contributed by atoms with Crippen molar-refractivity contribution in [2.45, 2.75) is 13.5 Å². The Labute approximate surface area is 195 Å². The van der Waals surface area contributed by atoms with Crippen LogP contribution in [0, 0.1) is 10.1 Å². The summed E-state index contributed by atoms with van der Waals surface area (Å²) in [6, 6.07) is 5.46. The van der Waals surface area contributed by atoms with Crippen molar-refractivity contribution in [3.8, 4) is 28.7 Å². The van der Waals surface area contributed by atoms with E-state index in [2.05, 4.69) is 5.32 Å². The van der Waals surface area contributed by atoms with Gasteiger partial charge in [-0.1, -0.05) is 0 Å². The fraction of sp³-hybridized carbons (Fsp3) is 0.364. The van der Waals surface area contributed by atoms with E-state index < -0.39 is 29.1 Å². The van der Waals surface area contributed by atoms with E-state index in [4.69, 9.17) is 28.4 Å². The normalized spacial score (nSPS) is 10.1. The van der Waals surface area contributed by atoms with Gasteiger partial charge in [0.2, 0.25) is 0 Å². The van der Waals surface area contributed by atoms with Gasteiger partial charge in [0.15, 0.2) is 29.6 Å². The van der Waals surface area contributed by atoms with Crippen molar-refractivity contribution in [2.75, 3.05) is 41.7 Å². The average molecular weight is 478 g/mol. The van der Waals surface area contributed by atoms with Crippen LogP contribution >= 0.6 is 0 Å². The molecule has 1 N–H and O–H groups in total. The molecule has 0 atom stereocenters. The predicted octanol–water partition coefficient (Wildman–Crippen LogP) is 2.50. The van der Waals surface area contributed by atoms with Gasteiger partial charge in [-0.05, 0) is 13.0 Å². The number of hydrogen-bond acceptors (Lipinski definition) is 10. The highest BCUT2D eigenvalue weighted by Gasteiger charge is 2.26. The number of nitrogens with zero attached hydrogens (tertiary/aromatic N) is 1. The molecule has 12 nitrogen and oxygen atoms in total. The fourth-order valence-corrected chi connectivity index (χ4v) is 2.98. The standard InChI is InChI=1S/C22H26N2O10/c1-6-33-20-8-14(15(24(27)28)9-18(20)31-4)22(26)34-12-21(25)23-11-13-7-17(30-3)19(32-5)10-16(13)29-2/h7-10H,6,11-12H2,1-5H3,(H,23,25). The maximum atomic E-state index is 12.5. The molecule has 0 spiro atoms. The van der Waals surface area contributed by atoms with Crippen LogP contribution in [-0.2, 0) is 16.1 Å². The molecule has 0 aliphatic rings. The lowest BCUT2D eigenvalue weighted by atomic mass is 10.1. The van der Waals surface area contributed by atoms with Gasteiger partial charge in [0, 0.05) is 24.2 Å². The Bertz CT molecular complexity index is 1050. The fourth-order valence-electron chi connectivity index (χ4n) is 2.98. The average Bonchev–Trinajstić information content (AvgIpc) is 2.84. The minimum Gasteiger partial charge on any atom is -0.496 e. The number of benzene rings is 2. The molecule has 2 aromatic rings. The Balaban J connectivity index is 2.10. The summed E-state index contributed by atoms with van der Waals surface area (Å²) in [5.74, 6) is -0.126. The molecule has 12 heteroatoms. The van der Waals surface area contributed by atoms with E-state index in [1.54, 1.807) is 19.1 Å². The van der Waals surface area contributed by atoms with Crippen molar-refractivity contribution < 1.29 is 42.9 Å². The van der Waals surface area contributed by atoms with E-state index in [1.165, 1.54) is 28.4 Å². The third kappa shape index (κ3) is 6.18. The second-order valence-electron chi connectivity index (χ2n) is 6.58. The molecule has 0 saturated heterocycles. The van der Waals surface area contributed by atoms with Crippen molar-refractivity contribution in [1.29, 1.82) is 0 Å². The maximum absolute atomic E-state index is 12.5. The van der Waals surface area contributed by atoms with Gasteiger partial charge in [-0.25, -0.2) is 4.79 Å². The number of nitro groups is 1. The molecule has 2 rings (SSSR count). The molecule has 0 fully saturated rings. The van der Waals surface area contributed by atoms with Crippen molar-refractivity contribution in [2.24, 2.45) is 0 Å². The second-order valence-corrected chi connectivity index (χ2v) is 6.58. The Morgan fingerprint density at radius 2 is 1.47 bits per heavy atom. The number of amides is 1. The number of carbonyl (C=O) groups excluding carboxylic acids is 2. The van der Waals surface area contributed by atoms with Gasteiger partial charge in [-0.15, -0.1) is 0 Å². The number of nitro benzene ring substituents is 1. The number of nitrogens with one attached hydrogen (secondary N) is 1. The molecular weight excluding hydrogens is 452 g/mol. The number of rotatable bonds is 12. The zero-order chi connectivity index (χ0) is 25.3. The van der Waals surface area contributed by atoms with Crippen LogP contribution in [0.1, 0.15) is 22.8 Å². The monoisotopic (exact) mass is 478 g/mol. The van der Waals surface area contributed by atoms with Crippen molar-refractivity contribution in [3.05, 3.63) is 45.5 Å². The first kappa shape index (κ1) is 26.0. The first-order chi connectivity index (χ1) is 16.3. The molecule has 0 aliphatic heterocycles. The van der Waals surface area contributed by atoms with E-state index in [0.29, 0.717) is 22.8 Å². The first-order valence-corrected chi connectivity index (χ1v) is 10.0. The van der Waals surface area contributed by atoms with Crippen LogP contribution in [0.3, 0.4) is 0 Å². The molecule has 0 heterocycles. The van der Waals surface area contributed by atoms with Gasteiger partial charge in [0.1, 0.15) is 11.3 Å². The molecule has 0 aromatic heterocycles. The lowest BCUT2D eigenvalue weighted by Gasteiger charge is -2.15. The highest BCUT2D eigenvalue weighted by atomic mass is 16.6. The van der Waals surface area contributed by atoms with E-state index in [0.717, 1.165) is 12.1 Å². The Morgan fingerprint density at radius 3 is 2.03 bits per heavy atom. The van der Waals surface area contributed by atoms with E-state index >= 15 is 0 Å². The van der Waals surface area contributed by atoms with Crippen LogP contribution in [0.2, 0.25) is 0 Å². The summed E-state index contributed by atoms with van der Waals surface area (Å²) in [6.07, 6.45) is 0. The Hall–Kier alpha value is -4.22. The molecule has 0 aliphatic carbocycles. The van der Waals surface area contributed by atoms with Crippen LogP contribution < -0.4 is 29.0 Å². The molecule has 34 heavy (non-hydrogen) atoms. The van der Waals surface area contributed by atoms with E-state index in [1.807, 2.05) is 0 Å². The number of methoxy groups -OCH3 is 4. The van der Waals surface area contributed by atoms with Gasteiger partial charge >= 0.3 is 5.97 Å². The SMILES string of the molecule is CCOc1cc(C(=O)OCC(=O)NCc2cc(OC)c(OC)cc2OC)c([N+](=O)[O-])cc1OC. The van der Waals surface area contributed by atoms with Crippen LogP contribution in [0.25, 0.3) is 0 Å². The predicted molar refractivity (Wildman–Crippen MR) is 119 cm³/mol. The number of ether oxygens (including phenoxy) is 6. The minimum atomic E-state index is -1.06. The zero-order valence-electron chi connectivity index (χ0n) is 19.5. The lowest BCUT2D eigenvalue weighted by Crippen LogP contribution is -2.28. The molecule has 0 bridgehead atoms. The quantitative estimate of drug-likeness (QED) is 0.274. The van der Waals surface area contributed by atoms with E-state index in [-0.39, 0.29) is 30.2 Å². The molecule has 2 aromatic carbocycles. The van der Waals surface area contributed by atoms with Crippen molar-refractivity contribution in [1.82, 2.24) is 5.32 Å². The van der Waals surface area contributed by atoms with Crippen LogP contribution in [0.5, 0.6) is 28.7 Å². The number of hydrogen-bond donors (Lipinski definition) is 1. The summed E-state index contributed by atoms with van der Waals surface area (Å²) in [7, 11) is 5.74. The van der Waals surface area contributed by atoms with Crippen molar-refractivity contribution >= 4 is 17.6 Å². The lowest BCUT2D eigenvalue weighted by molar-refractivity contribution is -0.385. The van der Waals surface area contributed by atoms with Crippen LogP contribution in [-0.4, -0.2) is 58.5 Å². The summed E-state index contributed by atoms with van der Waals surface area (Å²) in [5.41, 5.74) is -0.323. The molecule has 1 amide bonds. The molecular formula is C22H26N2O10. The van der Waals surface area contributed by atoms with Gasteiger partial charge in [-0.2, -0.15) is 0 Å². The first-order valence-electron chi connectivity index (χ1n) is 10.0. The maximum Gasteiger partial charge on any atom is 0.345 e. The molecule has 184 valence electrons.